The second kappa shape index (κ2) is 9.45. The molecule has 2 aromatic rings. The molecule has 0 aliphatic heterocycles. The van der Waals surface area contributed by atoms with Crippen molar-refractivity contribution < 1.29 is 26.3 Å². The second-order valence-corrected chi connectivity index (χ2v) is 8.04. The van der Waals surface area contributed by atoms with Crippen LogP contribution in [0.2, 0.25) is 0 Å². The lowest BCUT2D eigenvalue weighted by Crippen LogP contribution is -2.08. The molecule has 9 heteroatoms. The van der Waals surface area contributed by atoms with Gasteiger partial charge in [-0.3, -0.25) is 3.77 Å². The van der Waals surface area contributed by atoms with E-state index >= 15 is 0 Å². The lowest BCUT2D eigenvalue weighted by Gasteiger charge is -2.09. The fourth-order valence-corrected chi connectivity index (χ4v) is 3.86. The molecule has 0 amide bonds. The predicted octanol–water partition coefficient (Wildman–Crippen LogP) is 3.16. The first-order valence-electron chi connectivity index (χ1n) is 7.81. The minimum atomic E-state index is -4.15. The van der Waals surface area contributed by atoms with Gasteiger partial charge < -0.3 is 13.1 Å². The van der Waals surface area contributed by atoms with Crippen LogP contribution < -0.4 is 0 Å². The Morgan fingerprint density at radius 3 is 2.19 bits per heavy atom. The van der Waals surface area contributed by atoms with E-state index in [1.165, 1.54) is 12.1 Å². The summed E-state index contributed by atoms with van der Waals surface area (Å²) >= 11 is 0. The molecule has 0 N–H and O–H groups in total. The topological polar surface area (TPSA) is 99.1 Å². The Bertz CT molecular complexity index is 989. The van der Waals surface area contributed by atoms with Crippen LogP contribution in [0.3, 0.4) is 0 Å². The molecule has 0 radical (unpaired) electrons. The molecule has 0 fully saturated rings. The molecule has 2 rings (SSSR count). The van der Waals surface area contributed by atoms with Gasteiger partial charge in [-0.25, -0.2) is 13.2 Å². The van der Waals surface area contributed by atoms with E-state index in [9.17, 15) is 17.4 Å². The van der Waals surface area contributed by atoms with Crippen LogP contribution in [-0.2, 0) is 38.8 Å². The van der Waals surface area contributed by atoms with Crippen molar-refractivity contribution in [3.05, 3.63) is 66.7 Å². The highest BCUT2D eigenvalue weighted by molar-refractivity contribution is 7.95. The Labute approximate surface area is 160 Å². The Hall–Kier alpha value is -2.49. The van der Waals surface area contributed by atoms with Crippen LogP contribution >= 0.6 is 0 Å². The van der Waals surface area contributed by atoms with Gasteiger partial charge in [-0.05, 0) is 41.1 Å². The molecular weight excluding hydrogens is 390 g/mol. The number of hydrogen-bond acceptors (Lipinski definition) is 7. The summed E-state index contributed by atoms with van der Waals surface area (Å²) in [6, 6.07) is 13.9. The van der Waals surface area contributed by atoms with E-state index in [0.29, 0.717) is 0 Å². The van der Waals surface area contributed by atoms with Crippen molar-refractivity contribution >= 4 is 26.9 Å². The third kappa shape index (κ3) is 6.31. The van der Waals surface area contributed by atoms with Crippen molar-refractivity contribution in [2.75, 3.05) is 13.2 Å². The van der Waals surface area contributed by atoms with Crippen LogP contribution in [0.25, 0.3) is 11.1 Å². The SMILES string of the molecule is C=CC(=O)OCCO[S-](=O)=NS(=O)(=O)c1ccc(-c2ccc(C)cc2)cc1. The number of rotatable bonds is 8. The average Bonchev–Trinajstić information content (AvgIpc) is 2.65. The molecule has 2 aromatic carbocycles. The summed E-state index contributed by atoms with van der Waals surface area (Å²) in [4.78, 5) is 10.7. The largest absolute Gasteiger partial charge is 0.460 e. The zero-order chi connectivity index (χ0) is 19.9. The lowest BCUT2D eigenvalue weighted by molar-refractivity contribution is -0.138. The summed E-state index contributed by atoms with van der Waals surface area (Å²) in [6.45, 7) is 4.73. The molecule has 0 saturated carbocycles. The molecule has 0 heterocycles. The third-order valence-electron chi connectivity index (χ3n) is 3.37. The van der Waals surface area contributed by atoms with E-state index in [0.717, 1.165) is 22.8 Å². The van der Waals surface area contributed by atoms with Crippen molar-refractivity contribution in [3.8, 4) is 11.1 Å². The first kappa shape index (κ1) is 20.8. The number of hydrogen-bond donors (Lipinski definition) is 0. The van der Waals surface area contributed by atoms with Gasteiger partial charge in [-0.2, -0.15) is 0 Å². The van der Waals surface area contributed by atoms with Gasteiger partial charge in [0.05, 0.1) is 11.5 Å². The Kier molecular flexibility index (Phi) is 7.28. The maximum Gasteiger partial charge on any atom is 0.330 e. The Morgan fingerprint density at radius 1 is 1.07 bits per heavy atom. The van der Waals surface area contributed by atoms with Gasteiger partial charge in [0.25, 0.3) is 10.0 Å². The van der Waals surface area contributed by atoms with Gasteiger partial charge in [0.2, 0.25) is 0 Å². The maximum atomic E-state index is 12.2. The highest BCUT2D eigenvalue weighted by Crippen LogP contribution is 2.22. The number of ether oxygens (including phenoxy) is 1. The molecule has 27 heavy (non-hydrogen) atoms. The monoisotopic (exact) mass is 408 g/mol. The summed E-state index contributed by atoms with van der Waals surface area (Å²) in [5.74, 6) is -0.664. The Morgan fingerprint density at radius 2 is 1.63 bits per heavy atom. The van der Waals surface area contributed by atoms with Gasteiger partial charge in [0, 0.05) is 6.08 Å². The zero-order valence-electron chi connectivity index (χ0n) is 14.5. The highest BCUT2D eigenvalue weighted by Gasteiger charge is 2.10. The molecule has 144 valence electrons. The number of aryl methyl sites for hydroxylation is 1. The van der Waals surface area contributed by atoms with Crippen LogP contribution in [0.1, 0.15) is 5.56 Å². The maximum absolute atomic E-state index is 12.2. The van der Waals surface area contributed by atoms with Crippen molar-refractivity contribution in [1.82, 2.24) is 0 Å². The van der Waals surface area contributed by atoms with E-state index in [1.54, 1.807) is 12.1 Å². The number of sulfonamides is 1. The standard InChI is InChI=1S/C18H18NO6S2/c1-3-18(20)24-12-13-25-26(21)19-27(22,23)17-10-8-16(9-11-17)15-6-4-14(2)5-7-15/h3-11H,1,12-13H2,2H3/q-1. The molecule has 0 aliphatic carbocycles. The molecule has 0 spiro atoms. The summed E-state index contributed by atoms with van der Waals surface area (Å²) in [6.07, 6.45) is 0.964. The number of carbonyl (C=O) groups excluding carboxylic acids is 1. The van der Waals surface area contributed by atoms with E-state index in [4.69, 9.17) is 4.18 Å². The van der Waals surface area contributed by atoms with Gasteiger partial charge in [-0.1, -0.05) is 48.5 Å². The van der Waals surface area contributed by atoms with Crippen molar-refractivity contribution in [2.24, 2.45) is 3.77 Å². The first-order valence-corrected chi connectivity index (χ1v) is 10.3. The van der Waals surface area contributed by atoms with Crippen molar-refractivity contribution in [1.29, 1.82) is 0 Å². The molecule has 0 saturated heterocycles. The summed E-state index contributed by atoms with van der Waals surface area (Å²) in [5.41, 5.74) is 2.91. The van der Waals surface area contributed by atoms with Crippen LogP contribution in [0.15, 0.2) is 69.8 Å². The van der Waals surface area contributed by atoms with E-state index in [1.807, 2.05) is 31.2 Å². The molecule has 0 atom stereocenters. The number of nitrogens with zero attached hydrogens (tertiary/aromatic N) is 1. The lowest BCUT2D eigenvalue weighted by atomic mass is 10.0. The summed E-state index contributed by atoms with van der Waals surface area (Å²) in [5, 5.41) is 0. The van der Waals surface area contributed by atoms with E-state index < -0.39 is 26.9 Å². The zero-order valence-corrected chi connectivity index (χ0v) is 16.2. The molecule has 0 unspecified atom stereocenters. The average molecular weight is 408 g/mol. The molecule has 0 aliphatic rings. The fraction of sp³-hybridized carbons (Fsp3) is 0.167. The highest BCUT2D eigenvalue weighted by atomic mass is 32.3. The molecular formula is C18H18NO6S2-. The van der Waals surface area contributed by atoms with Crippen LogP contribution in [0, 0.1) is 6.92 Å². The van der Waals surface area contributed by atoms with Gasteiger partial charge >= 0.3 is 5.97 Å². The molecule has 7 nitrogen and oxygen atoms in total. The fourth-order valence-electron chi connectivity index (χ4n) is 2.02. The Balaban J connectivity index is 2.05. The predicted molar refractivity (Wildman–Crippen MR) is 101 cm³/mol. The minimum Gasteiger partial charge on any atom is -0.460 e. The summed E-state index contributed by atoms with van der Waals surface area (Å²) in [7, 11) is -6.58. The van der Waals surface area contributed by atoms with E-state index in [2.05, 4.69) is 15.1 Å². The van der Waals surface area contributed by atoms with Crippen molar-refractivity contribution in [2.45, 2.75) is 11.8 Å². The molecule has 0 aromatic heterocycles. The molecule has 0 bridgehead atoms. The normalized spacial score (nSPS) is 12.5. The van der Waals surface area contributed by atoms with Crippen LogP contribution in [-0.4, -0.2) is 27.6 Å². The van der Waals surface area contributed by atoms with Crippen molar-refractivity contribution in [3.63, 3.8) is 0 Å². The first-order chi connectivity index (χ1) is 12.8. The summed E-state index contributed by atoms with van der Waals surface area (Å²) < 4.78 is 48.5. The third-order valence-corrected chi connectivity index (χ3v) is 5.88. The van der Waals surface area contributed by atoms with Gasteiger partial charge in [0.1, 0.15) is 6.61 Å². The van der Waals surface area contributed by atoms with Crippen LogP contribution in [0.5, 0.6) is 0 Å². The minimum absolute atomic E-state index is 0.103. The van der Waals surface area contributed by atoms with E-state index in [-0.39, 0.29) is 18.1 Å². The van der Waals surface area contributed by atoms with Crippen LogP contribution in [0.4, 0.5) is 0 Å². The number of benzene rings is 2. The second-order valence-electron chi connectivity index (χ2n) is 5.35. The smallest absolute Gasteiger partial charge is 0.330 e. The quantitative estimate of drug-likeness (QED) is 0.288. The van der Waals surface area contributed by atoms with Gasteiger partial charge in [0.15, 0.2) is 0 Å². The van der Waals surface area contributed by atoms with Gasteiger partial charge in [-0.15, -0.1) is 0 Å². The number of esters is 1. The number of carbonyl (C=O) groups is 1.